The molecule has 0 saturated heterocycles. The summed E-state index contributed by atoms with van der Waals surface area (Å²) in [6.07, 6.45) is 1.83. The Hall–Kier alpha value is -1.09. The van der Waals surface area contributed by atoms with E-state index in [2.05, 4.69) is 0 Å². The Morgan fingerprint density at radius 1 is 1.54 bits per heavy atom. The van der Waals surface area contributed by atoms with Gasteiger partial charge in [0.05, 0.1) is 0 Å². The molecule has 3 heteroatoms. The number of hydrogen-bond acceptors (Lipinski definition) is 2. The van der Waals surface area contributed by atoms with E-state index in [-0.39, 0.29) is 11.9 Å². The van der Waals surface area contributed by atoms with Crippen LogP contribution >= 0.6 is 0 Å². The third-order valence-corrected chi connectivity index (χ3v) is 2.31. The quantitative estimate of drug-likeness (QED) is 0.712. The van der Waals surface area contributed by atoms with Gasteiger partial charge in [0.1, 0.15) is 17.7 Å². The molecule has 0 aromatic heterocycles. The molecule has 1 aliphatic heterocycles. The van der Waals surface area contributed by atoms with Crippen LogP contribution in [0.4, 0.5) is 4.39 Å². The first-order chi connectivity index (χ1) is 6.29. The van der Waals surface area contributed by atoms with Crippen molar-refractivity contribution >= 4 is 0 Å². The molecule has 0 amide bonds. The van der Waals surface area contributed by atoms with Gasteiger partial charge in [-0.1, -0.05) is 0 Å². The maximum atomic E-state index is 12.8. The van der Waals surface area contributed by atoms with E-state index >= 15 is 0 Å². The van der Waals surface area contributed by atoms with Crippen LogP contribution in [-0.2, 0) is 6.42 Å². The molecule has 1 aromatic rings. The number of aryl methyl sites for hydroxylation is 1. The summed E-state index contributed by atoms with van der Waals surface area (Å²) in [5, 5.41) is 0. The molecule has 0 aliphatic carbocycles. The molecular weight excluding hydrogens is 169 g/mol. The molecular formula is C10H12FNO. The minimum atomic E-state index is -0.200. The van der Waals surface area contributed by atoms with Crippen LogP contribution in [0.3, 0.4) is 0 Å². The van der Waals surface area contributed by atoms with Crippen molar-refractivity contribution in [2.45, 2.75) is 18.9 Å². The van der Waals surface area contributed by atoms with Crippen molar-refractivity contribution in [2.75, 3.05) is 6.54 Å². The number of hydrogen-bond donors (Lipinski definition) is 1. The van der Waals surface area contributed by atoms with Gasteiger partial charge in [-0.15, -0.1) is 0 Å². The Balaban J connectivity index is 2.26. The number of rotatable bonds is 1. The minimum Gasteiger partial charge on any atom is -0.489 e. The van der Waals surface area contributed by atoms with Gasteiger partial charge in [-0.25, -0.2) is 4.39 Å². The third-order valence-electron chi connectivity index (χ3n) is 2.31. The molecule has 1 aromatic carbocycles. The summed E-state index contributed by atoms with van der Waals surface area (Å²) in [5.74, 6) is 0.580. The van der Waals surface area contributed by atoms with Crippen molar-refractivity contribution in [1.82, 2.24) is 0 Å². The van der Waals surface area contributed by atoms with Crippen LogP contribution in [-0.4, -0.2) is 12.6 Å². The fourth-order valence-corrected chi connectivity index (χ4v) is 1.58. The van der Waals surface area contributed by atoms with Gasteiger partial charge in [-0.05, 0) is 36.6 Å². The highest BCUT2D eigenvalue weighted by molar-refractivity contribution is 5.35. The summed E-state index contributed by atoms with van der Waals surface area (Å²) < 4.78 is 18.3. The van der Waals surface area contributed by atoms with Crippen LogP contribution < -0.4 is 10.5 Å². The second-order valence-electron chi connectivity index (χ2n) is 3.27. The van der Waals surface area contributed by atoms with E-state index in [1.807, 2.05) is 0 Å². The maximum Gasteiger partial charge on any atom is 0.123 e. The van der Waals surface area contributed by atoms with Gasteiger partial charge >= 0.3 is 0 Å². The molecule has 0 fully saturated rings. The monoisotopic (exact) mass is 181 g/mol. The van der Waals surface area contributed by atoms with E-state index in [0.29, 0.717) is 6.54 Å². The summed E-state index contributed by atoms with van der Waals surface area (Å²) in [5.41, 5.74) is 6.44. The van der Waals surface area contributed by atoms with Crippen LogP contribution in [0.15, 0.2) is 18.2 Å². The van der Waals surface area contributed by atoms with E-state index in [1.54, 1.807) is 6.07 Å². The van der Waals surface area contributed by atoms with Crippen LogP contribution in [0.1, 0.15) is 12.0 Å². The molecule has 2 rings (SSSR count). The lowest BCUT2D eigenvalue weighted by Crippen LogP contribution is -2.30. The smallest absolute Gasteiger partial charge is 0.123 e. The Morgan fingerprint density at radius 3 is 3.15 bits per heavy atom. The van der Waals surface area contributed by atoms with Gasteiger partial charge in [-0.3, -0.25) is 0 Å². The molecule has 0 saturated carbocycles. The van der Waals surface area contributed by atoms with Crippen molar-refractivity contribution in [3.8, 4) is 5.75 Å². The number of fused-ring (bicyclic) bond motifs is 1. The number of benzene rings is 1. The molecule has 1 unspecified atom stereocenters. The second-order valence-corrected chi connectivity index (χ2v) is 3.27. The van der Waals surface area contributed by atoms with Crippen molar-refractivity contribution in [1.29, 1.82) is 0 Å². The molecule has 0 spiro atoms. The van der Waals surface area contributed by atoms with Crippen molar-refractivity contribution in [3.63, 3.8) is 0 Å². The lowest BCUT2D eigenvalue weighted by Gasteiger charge is -2.24. The lowest BCUT2D eigenvalue weighted by molar-refractivity contribution is 0.181. The molecule has 2 N–H and O–H groups in total. The predicted octanol–water partition coefficient (Wildman–Crippen LogP) is 1.48. The highest BCUT2D eigenvalue weighted by Crippen LogP contribution is 2.27. The third kappa shape index (κ3) is 1.65. The number of ether oxygens (including phenoxy) is 1. The summed E-state index contributed by atoms with van der Waals surface area (Å²) in [6, 6.07) is 4.62. The largest absolute Gasteiger partial charge is 0.489 e. The molecule has 0 bridgehead atoms. The van der Waals surface area contributed by atoms with Crippen molar-refractivity contribution < 1.29 is 9.13 Å². The van der Waals surface area contributed by atoms with E-state index in [1.165, 1.54) is 12.1 Å². The van der Waals surface area contributed by atoms with Crippen LogP contribution in [0.5, 0.6) is 5.75 Å². The Bertz CT molecular complexity index is 314. The molecule has 2 nitrogen and oxygen atoms in total. The molecule has 0 radical (unpaired) electrons. The van der Waals surface area contributed by atoms with Crippen LogP contribution in [0.25, 0.3) is 0 Å². The average Bonchev–Trinajstić information content (AvgIpc) is 2.17. The van der Waals surface area contributed by atoms with Crippen molar-refractivity contribution in [3.05, 3.63) is 29.6 Å². The van der Waals surface area contributed by atoms with Crippen LogP contribution in [0.2, 0.25) is 0 Å². The fraction of sp³-hybridized carbons (Fsp3) is 0.400. The predicted molar refractivity (Wildman–Crippen MR) is 48.2 cm³/mol. The van der Waals surface area contributed by atoms with Gasteiger partial charge in [0, 0.05) is 6.54 Å². The maximum absolute atomic E-state index is 12.8. The first-order valence-electron chi connectivity index (χ1n) is 4.45. The normalized spacial score (nSPS) is 20.6. The zero-order valence-corrected chi connectivity index (χ0v) is 7.29. The lowest BCUT2D eigenvalue weighted by atomic mass is 10.0. The highest BCUT2D eigenvalue weighted by atomic mass is 19.1. The zero-order chi connectivity index (χ0) is 9.26. The Morgan fingerprint density at radius 2 is 2.38 bits per heavy atom. The molecule has 13 heavy (non-hydrogen) atoms. The SMILES string of the molecule is NCC1CCc2cc(F)ccc2O1. The average molecular weight is 181 g/mol. The van der Waals surface area contributed by atoms with Gasteiger partial charge in [0.2, 0.25) is 0 Å². The molecule has 1 aliphatic rings. The summed E-state index contributed by atoms with van der Waals surface area (Å²) in [6.45, 7) is 0.525. The summed E-state index contributed by atoms with van der Waals surface area (Å²) in [4.78, 5) is 0. The Kier molecular flexibility index (Phi) is 2.19. The molecule has 1 atom stereocenters. The van der Waals surface area contributed by atoms with E-state index < -0.39 is 0 Å². The van der Waals surface area contributed by atoms with Crippen molar-refractivity contribution in [2.24, 2.45) is 5.73 Å². The minimum absolute atomic E-state index is 0.0953. The molecule has 70 valence electrons. The second kappa shape index (κ2) is 3.34. The van der Waals surface area contributed by atoms with E-state index in [9.17, 15) is 4.39 Å². The Labute approximate surface area is 76.5 Å². The topological polar surface area (TPSA) is 35.2 Å². The van der Waals surface area contributed by atoms with E-state index in [4.69, 9.17) is 10.5 Å². The van der Waals surface area contributed by atoms with Crippen LogP contribution in [0, 0.1) is 5.82 Å². The fourth-order valence-electron chi connectivity index (χ4n) is 1.58. The zero-order valence-electron chi connectivity index (χ0n) is 7.29. The molecule has 1 heterocycles. The van der Waals surface area contributed by atoms with Gasteiger partial charge < -0.3 is 10.5 Å². The summed E-state index contributed by atoms with van der Waals surface area (Å²) >= 11 is 0. The highest BCUT2D eigenvalue weighted by Gasteiger charge is 2.18. The summed E-state index contributed by atoms with van der Waals surface area (Å²) in [7, 11) is 0. The van der Waals surface area contributed by atoms with Gasteiger partial charge in [-0.2, -0.15) is 0 Å². The standard InChI is InChI=1S/C10H12FNO/c11-8-2-4-10-7(5-8)1-3-9(6-12)13-10/h2,4-5,9H,1,3,6,12H2. The van der Waals surface area contributed by atoms with Gasteiger partial charge in [0.15, 0.2) is 0 Å². The number of halogens is 1. The van der Waals surface area contributed by atoms with Gasteiger partial charge in [0.25, 0.3) is 0 Å². The first kappa shape index (κ1) is 8.51. The van der Waals surface area contributed by atoms with E-state index in [0.717, 1.165) is 24.2 Å². The number of nitrogens with two attached hydrogens (primary N) is 1. The first-order valence-corrected chi connectivity index (χ1v) is 4.45.